The molecule has 1 aromatic carbocycles. The summed E-state index contributed by atoms with van der Waals surface area (Å²) in [4.78, 5) is 37.4. The molecule has 35 heavy (non-hydrogen) atoms. The first-order chi connectivity index (χ1) is 16.8. The minimum atomic E-state index is -1.26. The highest BCUT2D eigenvalue weighted by Crippen LogP contribution is 2.31. The van der Waals surface area contributed by atoms with Gasteiger partial charge in [-0.3, -0.25) is 14.2 Å². The van der Waals surface area contributed by atoms with Crippen LogP contribution in [0.5, 0.6) is 0 Å². The molecule has 13 heteroatoms. The van der Waals surface area contributed by atoms with Crippen molar-refractivity contribution in [1.82, 2.24) is 30.2 Å². The zero-order valence-corrected chi connectivity index (χ0v) is 19.0. The van der Waals surface area contributed by atoms with Crippen molar-refractivity contribution in [2.75, 3.05) is 12.3 Å². The van der Waals surface area contributed by atoms with Gasteiger partial charge in [-0.15, -0.1) is 0 Å². The van der Waals surface area contributed by atoms with Crippen LogP contribution in [-0.4, -0.2) is 78.5 Å². The molecule has 0 spiro atoms. The molecule has 0 saturated carbocycles. The van der Waals surface area contributed by atoms with Crippen molar-refractivity contribution in [3.63, 3.8) is 0 Å². The number of hydrogen-bond donors (Lipinski definition) is 6. The lowest BCUT2D eigenvalue weighted by atomic mass is 10.1. The zero-order chi connectivity index (χ0) is 25.1. The van der Waals surface area contributed by atoms with Crippen molar-refractivity contribution in [3.05, 3.63) is 48.5 Å². The number of carbonyl (C=O) groups is 2. The van der Waals surface area contributed by atoms with Crippen LogP contribution in [-0.2, 0) is 20.7 Å². The van der Waals surface area contributed by atoms with Crippen LogP contribution in [0.4, 0.5) is 5.82 Å². The molecule has 1 saturated heterocycles. The summed E-state index contributed by atoms with van der Waals surface area (Å²) in [5.74, 6) is -0.891. The summed E-state index contributed by atoms with van der Waals surface area (Å²) in [7, 11) is 0. The van der Waals surface area contributed by atoms with Gasteiger partial charge in [0, 0.05) is 0 Å². The van der Waals surface area contributed by atoms with Crippen LogP contribution in [0.3, 0.4) is 0 Å². The molecule has 1 aliphatic heterocycles. The van der Waals surface area contributed by atoms with Gasteiger partial charge >= 0.3 is 0 Å². The van der Waals surface area contributed by atoms with E-state index in [1.54, 1.807) is 0 Å². The van der Waals surface area contributed by atoms with E-state index in [-0.39, 0.29) is 5.82 Å². The van der Waals surface area contributed by atoms with Crippen molar-refractivity contribution in [1.29, 1.82) is 0 Å². The first-order valence-corrected chi connectivity index (χ1v) is 11.1. The predicted molar refractivity (Wildman–Crippen MR) is 124 cm³/mol. The number of nitrogens with two attached hydrogens (primary N) is 2. The number of aliphatic hydroxyl groups is 2. The number of ether oxygens (including phenoxy) is 1. The standard InChI is InChI=1S/C22H28N8O5/c1-11(28-21(34)13(23)7-12-5-3-2-4-6-12)20(33)29-15-14(8-31)35-22(17(15)32)30-10-27-16-18(24)25-9-26-19(16)30/h2-6,9-11,13-15,17,22,31-32H,7-8,23H2,1H3,(H,28,34)(H,29,33)(H2,24,25,26). The molecular formula is C22H28N8O5. The number of nitrogens with one attached hydrogen (secondary N) is 2. The smallest absolute Gasteiger partial charge is 0.242 e. The second kappa shape index (κ2) is 10.3. The largest absolute Gasteiger partial charge is 0.394 e. The Kier molecular flexibility index (Phi) is 7.21. The van der Waals surface area contributed by atoms with Crippen LogP contribution in [0.15, 0.2) is 43.0 Å². The highest BCUT2D eigenvalue weighted by molar-refractivity contribution is 5.89. The number of anilines is 1. The van der Waals surface area contributed by atoms with Crippen LogP contribution in [0.1, 0.15) is 18.7 Å². The molecule has 4 rings (SSSR count). The number of aromatic nitrogens is 4. The number of benzene rings is 1. The second-order valence-corrected chi connectivity index (χ2v) is 8.38. The normalized spacial score (nSPS) is 23.7. The third-order valence-corrected chi connectivity index (χ3v) is 5.91. The molecule has 3 aromatic rings. The van der Waals surface area contributed by atoms with E-state index in [0.29, 0.717) is 17.6 Å². The Morgan fingerprint density at radius 3 is 2.66 bits per heavy atom. The molecule has 0 aliphatic carbocycles. The lowest BCUT2D eigenvalue weighted by Gasteiger charge is -2.24. The maximum atomic E-state index is 12.8. The van der Waals surface area contributed by atoms with Crippen LogP contribution >= 0.6 is 0 Å². The molecule has 2 amide bonds. The van der Waals surface area contributed by atoms with Crippen molar-refractivity contribution >= 4 is 28.8 Å². The van der Waals surface area contributed by atoms with Crippen molar-refractivity contribution < 1.29 is 24.5 Å². The van der Waals surface area contributed by atoms with Gasteiger partial charge in [-0.2, -0.15) is 0 Å². The molecule has 0 radical (unpaired) electrons. The summed E-state index contributed by atoms with van der Waals surface area (Å²) in [5, 5.41) is 26.0. The predicted octanol–water partition coefficient (Wildman–Crippen LogP) is -1.78. The SMILES string of the molecule is CC(NC(=O)C(N)Cc1ccccc1)C(=O)NC1C(CO)OC(n2cnc3c(N)ncnc32)C1O. The summed E-state index contributed by atoms with van der Waals surface area (Å²) in [6.07, 6.45) is -0.212. The fourth-order valence-corrected chi connectivity index (χ4v) is 4.00. The molecule has 2 aromatic heterocycles. The summed E-state index contributed by atoms with van der Waals surface area (Å²) in [6, 6.07) is 6.54. The van der Waals surface area contributed by atoms with Crippen LogP contribution in [0.2, 0.25) is 0 Å². The van der Waals surface area contributed by atoms with Gasteiger partial charge in [-0.1, -0.05) is 30.3 Å². The summed E-state index contributed by atoms with van der Waals surface area (Å²) < 4.78 is 7.25. The monoisotopic (exact) mass is 484 g/mol. The van der Waals surface area contributed by atoms with Gasteiger partial charge < -0.3 is 37.1 Å². The number of fused-ring (bicyclic) bond motifs is 1. The van der Waals surface area contributed by atoms with Crippen LogP contribution in [0, 0.1) is 0 Å². The van der Waals surface area contributed by atoms with Crippen molar-refractivity contribution in [3.8, 4) is 0 Å². The van der Waals surface area contributed by atoms with Crippen LogP contribution in [0.25, 0.3) is 11.2 Å². The Hall–Kier alpha value is -3.65. The first-order valence-electron chi connectivity index (χ1n) is 11.1. The first kappa shape index (κ1) is 24.5. The van der Waals surface area contributed by atoms with Gasteiger partial charge in [0.25, 0.3) is 0 Å². The Morgan fingerprint density at radius 2 is 1.94 bits per heavy atom. The molecule has 3 heterocycles. The van der Waals surface area contributed by atoms with E-state index in [9.17, 15) is 19.8 Å². The quantitative estimate of drug-likeness (QED) is 0.212. The summed E-state index contributed by atoms with van der Waals surface area (Å²) in [5.41, 5.74) is 13.4. The Labute approximate surface area is 200 Å². The third-order valence-electron chi connectivity index (χ3n) is 5.91. The fraction of sp³-hybridized carbons (Fsp3) is 0.409. The number of imidazole rings is 1. The van der Waals surface area contributed by atoms with Gasteiger partial charge in [0.05, 0.1) is 25.0 Å². The van der Waals surface area contributed by atoms with E-state index < -0.39 is 55.0 Å². The number of hydrogen-bond acceptors (Lipinski definition) is 10. The van der Waals surface area contributed by atoms with E-state index in [1.807, 2.05) is 30.3 Å². The van der Waals surface area contributed by atoms with Gasteiger partial charge in [0.1, 0.15) is 30.1 Å². The van der Waals surface area contributed by atoms with Gasteiger partial charge in [-0.05, 0) is 18.9 Å². The molecule has 1 aliphatic rings. The van der Waals surface area contributed by atoms with Gasteiger partial charge in [-0.25, -0.2) is 15.0 Å². The van der Waals surface area contributed by atoms with Crippen LogP contribution < -0.4 is 22.1 Å². The maximum Gasteiger partial charge on any atom is 0.242 e. The average Bonchev–Trinajstić information content (AvgIpc) is 3.41. The van der Waals surface area contributed by atoms with E-state index in [1.165, 1.54) is 24.1 Å². The maximum absolute atomic E-state index is 12.8. The molecule has 186 valence electrons. The number of aliphatic hydroxyl groups excluding tert-OH is 2. The number of rotatable bonds is 8. The average molecular weight is 485 g/mol. The summed E-state index contributed by atoms with van der Waals surface area (Å²) >= 11 is 0. The number of nitrogen functional groups attached to an aromatic ring is 1. The van der Waals surface area contributed by atoms with E-state index >= 15 is 0 Å². The highest BCUT2D eigenvalue weighted by atomic mass is 16.5. The number of amides is 2. The third kappa shape index (κ3) is 5.07. The molecule has 6 atom stereocenters. The summed E-state index contributed by atoms with van der Waals surface area (Å²) in [6.45, 7) is 1.03. The van der Waals surface area contributed by atoms with E-state index in [4.69, 9.17) is 16.2 Å². The Morgan fingerprint density at radius 1 is 1.20 bits per heavy atom. The molecule has 6 unspecified atom stereocenters. The minimum Gasteiger partial charge on any atom is -0.394 e. The van der Waals surface area contributed by atoms with Gasteiger partial charge in [0.15, 0.2) is 17.7 Å². The Bertz CT molecular complexity index is 1190. The lowest BCUT2D eigenvalue weighted by molar-refractivity contribution is -0.130. The molecule has 13 nitrogen and oxygen atoms in total. The molecule has 8 N–H and O–H groups in total. The van der Waals surface area contributed by atoms with Crippen molar-refractivity contribution in [2.45, 2.75) is 49.9 Å². The number of carbonyl (C=O) groups excluding carboxylic acids is 2. The van der Waals surface area contributed by atoms with E-state index in [2.05, 4.69) is 25.6 Å². The van der Waals surface area contributed by atoms with E-state index in [0.717, 1.165) is 5.56 Å². The van der Waals surface area contributed by atoms with Crippen molar-refractivity contribution in [2.24, 2.45) is 5.73 Å². The topological polar surface area (TPSA) is 204 Å². The zero-order valence-electron chi connectivity index (χ0n) is 19.0. The minimum absolute atomic E-state index is 0.167. The molecule has 0 bridgehead atoms. The lowest BCUT2D eigenvalue weighted by Crippen LogP contribution is -2.56. The number of nitrogens with zero attached hydrogens (tertiary/aromatic N) is 4. The Balaban J connectivity index is 1.40. The molecule has 1 fully saturated rings. The molecular weight excluding hydrogens is 456 g/mol. The second-order valence-electron chi connectivity index (χ2n) is 8.38. The van der Waals surface area contributed by atoms with Gasteiger partial charge in [0.2, 0.25) is 11.8 Å². The fourth-order valence-electron chi connectivity index (χ4n) is 4.00. The highest BCUT2D eigenvalue weighted by Gasteiger charge is 2.46.